The Hall–Kier alpha value is -2.82. The van der Waals surface area contributed by atoms with Gasteiger partial charge < -0.3 is 15.2 Å². The van der Waals surface area contributed by atoms with Crippen molar-refractivity contribution in [1.82, 2.24) is 0 Å². The van der Waals surface area contributed by atoms with Gasteiger partial charge in [0.2, 0.25) is 5.91 Å². The lowest BCUT2D eigenvalue weighted by molar-refractivity contribution is -0.139. The molecule has 1 amide bonds. The van der Waals surface area contributed by atoms with Crippen molar-refractivity contribution in [2.24, 2.45) is 0 Å². The van der Waals surface area contributed by atoms with Gasteiger partial charge in [-0.05, 0) is 62.4 Å². The van der Waals surface area contributed by atoms with E-state index in [1.54, 1.807) is 18.2 Å². The van der Waals surface area contributed by atoms with E-state index in [0.29, 0.717) is 12.2 Å². The van der Waals surface area contributed by atoms with Crippen molar-refractivity contribution in [3.05, 3.63) is 59.2 Å². The summed E-state index contributed by atoms with van der Waals surface area (Å²) < 4.78 is 5.12. The van der Waals surface area contributed by atoms with Crippen molar-refractivity contribution in [1.29, 1.82) is 0 Å². The number of unbranched alkanes of at least 4 members (excludes halogenated alkanes) is 1. The van der Waals surface area contributed by atoms with Crippen LogP contribution < -0.4 is 10.1 Å². The van der Waals surface area contributed by atoms with Crippen LogP contribution in [-0.4, -0.2) is 23.6 Å². The van der Waals surface area contributed by atoms with Gasteiger partial charge in [-0.2, -0.15) is 0 Å². The molecule has 0 bridgehead atoms. The molecule has 0 heterocycles. The molecule has 0 aliphatic carbocycles. The van der Waals surface area contributed by atoms with E-state index in [4.69, 9.17) is 9.84 Å². The molecule has 0 aliphatic rings. The third-order valence-corrected chi connectivity index (χ3v) is 4.07. The number of carboxylic acid groups (broad SMARTS) is 1. The zero-order chi connectivity index (χ0) is 18.9. The summed E-state index contributed by atoms with van der Waals surface area (Å²) in [5.41, 5.74) is 4.10. The number of carboxylic acids is 1. The van der Waals surface area contributed by atoms with Crippen LogP contribution in [0.2, 0.25) is 0 Å². The fourth-order valence-electron chi connectivity index (χ4n) is 2.59. The van der Waals surface area contributed by atoms with E-state index in [2.05, 4.69) is 36.5 Å². The van der Waals surface area contributed by atoms with Crippen molar-refractivity contribution in [2.75, 3.05) is 11.9 Å². The molecule has 2 N–H and O–H groups in total. The van der Waals surface area contributed by atoms with Crippen molar-refractivity contribution in [3.8, 4) is 5.75 Å². The molecule has 2 rings (SSSR count). The average molecular weight is 355 g/mol. The number of carbonyl (C=O) groups is 2. The fraction of sp³-hybridized carbons (Fsp3) is 0.333. The van der Waals surface area contributed by atoms with Crippen LogP contribution in [0.3, 0.4) is 0 Å². The second-order valence-corrected chi connectivity index (χ2v) is 6.40. The van der Waals surface area contributed by atoms with Crippen LogP contribution in [0.25, 0.3) is 0 Å². The Labute approximate surface area is 154 Å². The lowest BCUT2D eigenvalue weighted by Crippen LogP contribution is -2.13. The summed E-state index contributed by atoms with van der Waals surface area (Å²) in [4.78, 5) is 22.6. The van der Waals surface area contributed by atoms with E-state index in [9.17, 15) is 9.59 Å². The molecule has 26 heavy (non-hydrogen) atoms. The molecule has 0 aromatic heterocycles. The predicted molar refractivity (Wildman–Crippen MR) is 102 cm³/mol. The van der Waals surface area contributed by atoms with Crippen LogP contribution >= 0.6 is 0 Å². The molecule has 0 spiro atoms. The molecular formula is C21H25NO4. The second-order valence-electron chi connectivity index (χ2n) is 6.40. The first-order valence-corrected chi connectivity index (χ1v) is 8.74. The summed E-state index contributed by atoms with van der Waals surface area (Å²) in [6.07, 6.45) is 3.25. The predicted octanol–water partition coefficient (Wildman–Crippen LogP) is 4.12. The number of aliphatic carboxylic acids is 1. The van der Waals surface area contributed by atoms with Gasteiger partial charge in [0.15, 0.2) is 6.61 Å². The van der Waals surface area contributed by atoms with Crippen LogP contribution in [0, 0.1) is 13.8 Å². The molecular weight excluding hydrogens is 330 g/mol. The van der Waals surface area contributed by atoms with Crippen molar-refractivity contribution >= 4 is 17.6 Å². The second kappa shape index (κ2) is 9.61. The first-order valence-electron chi connectivity index (χ1n) is 8.74. The molecule has 0 saturated heterocycles. The highest BCUT2D eigenvalue weighted by molar-refractivity contribution is 5.91. The van der Waals surface area contributed by atoms with Gasteiger partial charge in [-0.25, -0.2) is 4.79 Å². The smallest absolute Gasteiger partial charge is 0.341 e. The maximum Gasteiger partial charge on any atom is 0.341 e. The highest BCUT2D eigenvalue weighted by Crippen LogP contribution is 2.21. The molecule has 2 aromatic carbocycles. The summed E-state index contributed by atoms with van der Waals surface area (Å²) >= 11 is 0. The Balaban J connectivity index is 1.74. The van der Waals surface area contributed by atoms with E-state index in [1.807, 2.05) is 6.92 Å². The van der Waals surface area contributed by atoms with E-state index < -0.39 is 5.97 Å². The maximum atomic E-state index is 12.1. The SMILES string of the molecule is Cc1ccc(CCCCC(=O)Nc2ccc(OCC(=O)O)cc2C)cc1. The molecule has 0 radical (unpaired) electrons. The van der Waals surface area contributed by atoms with Crippen LogP contribution in [0.4, 0.5) is 5.69 Å². The maximum absolute atomic E-state index is 12.1. The number of carbonyl (C=O) groups excluding carboxylic acids is 1. The van der Waals surface area contributed by atoms with Gasteiger partial charge in [0, 0.05) is 12.1 Å². The summed E-state index contributed by atoms with van der Waals surface area (Å²) in [7, 11) is 0. The van der Waals surface area contributed by atoms with Crippen LogP contribution in [0.5, 0.6) is 5.75 Å². The number of hydrogen-bond donors (Lipinski definition) is 2. The van der Waals surface area contributed by atoms with E-state index in [0.717, 1.165) is 30.5 Å². The number of benzene rings is 2. The first kappa shape index (κ1) is 19.5. The van der Waals surface area contributed by atoms with Crippen LogP contribution in [-0.2, 0) is 16.0 Å². The van der Waals surface area contributed by atoms with Gasteiger partial charge in [0.1, 0.15) is 5.75 Å². The number of aryl methyl sites for hydroxylation is 3. The number of rotatable bonds is 9. The molecule has 2 aromatic rings. The number of ether oxygens (including phenoxy) is 1. The van der Waals surface area contributed by atoms with Crippen molar-refractivity contribution < 1.29 is 19.4 Å². The zero-order valence-corrected chi connectivity index (χ0v) is 15.2. The van der Waals surface area contributed by atoms with Gasteiger partial charge in [0.25, 0.3) is 0 Å². The molecule has 0 atom stereocenters. The van der Waals surface area contributed by atoms with E-state index in [1.165, 1.54) is 11.1 Å². The van der Waals surface area contributed by atoms with E-state index >= 15 is 0 Å². The lowest BCUT2D eigenvalue weighted by atomic mass is 10.1. The Bertz CT molecular complexity index is 753. The number of anilines is 1. The van der Waals surface area contributed by atoms with Gasteiger partial charge >= 0.3 is 5.97 Å². The molecule has 0 aliphatic heterocycles. The van der Waals surface area contributed by atoms with E-state index in [-0.39, 0.29) is 12.5 Å². The highest BCUT2D eigenvalue weighted by atomic mass is 16.5. The highest BCUT2D eigenvalue weighted by Gasteiger charge is 2.07. The Morgan fingerprint density at radius 2 is 1.77 bits per heavy atom. The first-order chi connectivity index (χ1) is 12.4. The molecule has 5 nitrogen and oxygen atoms in total. The topological polar surface area (TPSA) is 75.6 Å². The molecule has 0 unspecified atom stereocenters. The van der Waals surface area contributed by atoms with Crippen LogP contribution in [0.1, 0.15) is 36.0 Å². The minimum atomic E-state index is -1.02. The minimum absolute atomic E-state index is 0.0174. The third kappa shape index (κ3) is 6.59. The van der Waals surface area contributed by atoms with Crippen LogP contribution in [0.15, 0.2) is 42.5 Å². The Morgan fingerprint density at radius 3 is 2.42 bits per heavy atom. The number of hydrogen-bond acceptors (Lipinski definition) is 3. The molecule has 0 fully saturated rings. The van der Waals surface area contributed by atoms with Gasteiger partial charge in [-0.15, -0.1) is 0 Å². The number of amides is 1. The van der Waals surface area contributed by atoms with Gasteiger partial charge in [-0.3, -0.25) is 4.79 Å². The summed E-state index contributed by atoms with van der Waals surface area (Å²) in [6.45, 7) is 3.54. The van der Waals surface area contributed by atoms with Crippen molar-refractivity contribution in [3.63, 3.8) is 0 Å². The monoisotopic (exact) mass is 355 g/mol. The van der Waals surface area contributed by atoms with Gasteiger partial charge in [0.05, 0.1) is 0 Å². The molecule has 0 saturated carbocycles. The van der Waals surface area contributed by atoms with Crippen molar-refractivity contribution in [2.45, 2.75) is 39.5 Å². The summed E-state index contributed by atoms with van der Waals surface area (Å²) in [5, 5.41) is 11.5. The largest absolute Gasteiger partial charge is 0.482 e. The molecule has 5 heteroatoms. The normalized spacial score (nSPS) is 10.4. The standard InChI is InChI=1S/C21H25NO4/c1-15-7-9-17(10-8-15)5-3-4-6-20(23)22-19-12-11-18(13-16(19)2)26-14-21(24)25/h7-13H,3-6,14H2,1-2H3,(H,22,23)(H,24,25). The summed E-state index contributed by atoms with van der Waals surface area (Å²) in [6, 6.07) is 13.6. The fourth-order valence-corrected chi connectivity index (χ4v) is 2.59. The lowest BCUT2D eigenvalue weighted by Gasteiger charge is -2.10. The Morgan fingerprint density at radius 1 is 1.04 bits per heavy atom. The average Bonchev–Trinajstić information content (AvgIpc) is 2.60. The third-order valence-electron chi connectivity index (χ3n) is 4.07. The molecule has 138 valence electrons. The minimum Gasteiger partial charge on any atom is -0.482 e. The summed E-state index contributed by atoms with van der Waals surface area (Å²) in [5.74, 6) is -0.567. The number of nitrogens with one attached hydrogen (secondary N) is 1. The zero-order valence-electron chi connectivity index (χ0n) is 15.2. The quantitative estimate of drug-likeness (QED) is 0.664. The van der Waals surface area contributed by atoms with Gasteiger partial charge in [-0.1, -0.05) is 29.8 Å². The Kier molecular flexibility index (Phi) is 7.21.